The third-order valence-corrected chi connectivity index (χ3v) is 9.14. The number of methoxy groups -OCH3 is 1. The Bertz CT molecular complexity index is 2030. The molecule has 0 spiro atoms. The van der Waals surface area contributed by atoms with Crippen molar-refractivity contribution in [3.8, 4) is 39.5 Å². The average Bonchev–Trinajstić information content (AvgIpc) is 3.73. The lowest BCUT2D eigenvalue weighted by Gasteiger charge is -2.33. The highest BCUT2D eigenvalue weighted by Crippen LogP contribution is 2.47. The molecule has 1 atom stereocenters. The van der Waals surface area contributed by atoms with Gasteiger partial charge in [-0.2, -0.15) is 5.10 Å². The maximum atomic E-state index is 16.1. The highest BCUT2D eigenvalue weighted by molar-refractivity contribution is 7.18. The number of nitrogens with two attached hydrogens (primary N) is 1. The molecule has 13 heteroatoms. The molecule has 0 bridgehead atoms. The number of ether oxygens (including phenoxy) is 2. The molecule has 3 N–H and O–H groups in total. The molecule has 0 saturated carbocycles. The number of rotatable bonds is 12. The van der Waals surface area contributed by atoms with Crippen LogP contribution >= 0.6 is 11.3 Å². The van der Waals surface area contributed by atoms with Gasteiger partial charge in [-0.15, -0.1) is 11.3 Å². The summed E-state index contributed by atoms with van der Waals surface area (Å²) < 4.78 is 44.3. The van der Waals surface area contributed by atoms with Crippen LogP contribution in [0.25, 0.3) is 43.9 Å². The van der Waals surface area contributed by atoms with Gasteiger partial charge in [0.05, 0.1) is 42.7 Å². The molecule has 0 aliphatic carbocycles. The molecule has 3 aromatic heterocycles. The fourth-order valence-corrected chi connectivity index (χ4v) is 6.95. The molecule has 0 saturated heterocycles. The van der Waals surface area contributed by atoms with Crippen LogP contribution < -0.4 is 15.8 Å². The standard InChI is InChI=1S/C35H34F2N6O4S/c1-4-30(45)42-9-10-43-27(20(42)2)17-26(41-43)34-32(31-25(37)15-23(36)16-28(31)47-12-11-46-3)35-24(8-13-48-35)33(40-34)22-7-5-6-21(14-22)18-39-19-29(38)44/h4-8,13-17,20,39H,1,9-12,18-19H2,2-3H3,(H2,38,44). The number of nitrogens with zero attached hydrogens (tertiary/aromatic N) is 4. The summed E-state index contributed by atoms with van der Waals surface area (Å²) >= 11 is 1.40. The highest BCUT2D eigenvalue weighted by Gasteiger charge is 2.31. The Balaban J connectivity index is 1.58. The van der Waals surface area contributed by atoms with E-state index in [-0.39, 0.29) is 43.0 Å². The van der Waals surface area contributed by atoms with E-state index in [0.29, 0.717) is 47.0 Å². The van der Waals surface area contributed by atoms with Gasteiger partial charge in [0.2, 0.25) is 11.8 Å². The van der Waals surface area contributed by atoms with Crippen LogP contribution in [0.5, 0.6) is 5.75 Å². The van der Waals surface area contributed by atoms with Crippen LogP contribution in [0.3, 0.4) is 0 Å². The van der Waals surface area contributed by atoms with E-state index in [1.807, 2.05) is 53.4 Å². The molecule has 248 valence electrons. The molecule has 1 unspecified atom stereocenters. The predicted octanol–water partition coefficient (Wildman–Crippen LogP) is 5.46. The second-order valence-corrected chi connectivity index (χ2v) is 12.2. The van der Waals surface area contributed by atoms with Crippen LogP contribution in [0.4, 0.5) is 8.78 Å². The Morgan fingerprint density at radius 1 is 1.12 bits per heavy atom. The zero-order valence-corrected chi connectivity index (χ0v) is 27.3. The molecule has 0 radical (unpaired) electrons. The summed E-state index contributed by atoms with van der Waals surface area (Å²) in [5.41, 5.74) is 9.71. The lowest BCUT2D eigenvalue weighted by atomic mass is 9.96. The summed E-state index contributed by atoms with van der Waals surface area (Å²) in [6.07, 6.45) is 1.29. The van der Waals surface area contributed by atoms with E-state index in [0.717, 1.165) is 34.3 Å². The molecular weight excluding hydrogens is 638 g/mol. The number of benzene rings is 2. The highest BCUT2D eigenvalue weighted by atomic mass is 32.1. The predicted molar refractivity (Wildman–Crippen MR) is 180 cm³/mol. The second kappa shape index (κ2) is 14.0. The number of carbonyl (C=O) groups is 2. The van der Waals surface area contributed by atoms with Gasteiger partial charge in [0.1, 0.15) is 35.4 Å². The Kier molecular flexibility index (Phi) is 9.62. The lowest BCUT2D eigenvalue weighted by Crippen LogP contribution is -2.40. The largest absolute Gasteiger partial charge is 0.490 e. The molecule has 1 aliphatic rings. The molecule has 6 rings (SSSR count). The molecule has 1 aliphatic heterocycles. The smallest absolute Gasteiger partial charge is 0.246 e. The number of thiophene rings is 1. The molecule has 0 fully saturated rings. The maximum absolute atomic E-state index is 16.1. The Morgan fingerprint density at radius 2 is 1.96 bits per heavy atom. The van der Waals surface area contributed by atoms with E-state index >= 15 is 4.39 Å². The van der Waals surface area contributed by atoms with Gasteiger partial charge >= 0.3 is 0 Å². The summed E-state index contributed by atoms with van der Waals surface area (Å²) in [6, 6.07) is 13.2. The summed E-state index contributed by atoms with van der Waals surface area (Å²) in [4.78, 5) is 30.8. The van der Waals surface area contributed by atoms with Crippen molar-refractivity contribution in [2.75, 3.05) is 33.4 Å². The average molecular weight is 673 g/mol. The van der Waals surface area contributed by atoms with Crippen molar-refractivity contribution in [2.45, 2.75) is 26.1 Å². The number of pyridine rings is 1. The van der Waals surface area contributed by atoms with E-state index in [1.54, 1.807) is 4.90 Å². The van der Waals surface area contributed by atoms with E-state index in [1.165, 1.54) is 24.5 Å². The third kappa shape index (κ3) is 6.44. The van der Waals surface area contributed by atoms with Gasteiger partial charge in [0, 0.05) is 53.5 Å². The monoisotopic (exact) mass is 672 g/mol. The van der Waals surface area contributed by atoms with Crippen molar-refractivity contribution >= 4 is 33.2 Å². The summed E-state index contributed by atoms with van der Waals surface area (Å²) in [7, 11) is 1.51. The van der Waals surface area contributed by atoms with Crippen molar-refractivity contribution < 1.29 is 27.8 Å². The van der Waals surface area contributed by atoms with Gasteiger partial charge in [-0.3, -0.25) is 14.3 Å². The van der Waals surface area contributed by atoms with Gasteiger partial charge < -0.3 is 25.4 Å². The van der Waals surface area contributed by atoms with Crippen LogP contribution in [0.15, 0.2) is 66.6 Å². The van der Waals surface area contributed by atoms with Crippen LogP contribution in [-0.2, 0) is 27.4 Å². The van der Waals surface area contributed by atoms with Crippen molar-refractivity contribution in [1.82, 2.24) is 25.0 Å². The quantitative estimate of drug-likeness (QED) is 0.133. The van der Waals surface area contributed by atoms with E-state index in [9.17, 15) is 14.0 Å². The third-order valence-electron chi connectivity index (χ3n) is 8.21. The van der Waals surface area contributed by atoms with E-state index < -0.39 is 17.5 Å². The first-order valence-electron chi connectivity index (χ1n) is 15.3. The topological polar surface area (TPSA) is 125 Å². The molecule has 2 aromatic carbocycles. The van der Waals surface area contributed by atoms with E-state index in [4.69, 9.17) is 25.3 Å². The number of hydrogen-bond donors (Lipinski definition) is 2. The number of nitrogens with one attached hydrogen (secondary N) is 1. The fraction of sp³-hybridized carbons (Fsp3) is 0.257. The molecule has 2 amide bonds. The van der Waals surface area contributed by atoms with Crippen molar-refractivity contribution in [3.05, 3.63) is 89.5 Å². The molecule has 48 heavy (non-hydrogen) atoms. The first kappa shape index (κ1) is 32.9. The number of hydrogen-bond acceptors (Lipinski definition) is 8. The maximum Gasteiger partial charge on any atom is 0.246 e. The zero-order valence-electron chi connectivity index (χ0n) is 26.5. The Hall–Kier alpha value is -4.98. The minimum absolute atomic E-state index is 0.0117. The van der Waals surface area contributed by atoms with Gasteiger partial charge in [0.15, 0.2) is 0 Å². The van der Waals surface area contributed by atoms with Crippen LogP contribution in [-0.4, -0.2) is 64.9 Å². The van der Waals surface area contributed by atoms with Crippen LogP contribution in [0.1, 0.15) is 24.2 Å². The second-order valence-electron chi connectivity index (χ2n) is 11.3. The van der Waals surface area contributed by atoms with E-state index in [2.05, 4.69) is 11.9 Å². The molecule has 10 nitrogen and oxygen atoms in total. The van der Waals surface area contributed by atoms with Gasteiger partial charge in [-0.05, 0) is 42.1 Å². The van der Waals surface area contributed by atoms with Crippen LogP contribution in [0, 0.1) is 11.6 Å². The number of carbonyl (C=O) groups excluding carboxylic acids is 2. The first-order valence-corrected chi connectivity index (χ1v) is 16.2. The first-order chi connectivity index (χ1) is 23.2. The summed E-state index contributed by atoms with van der Waals surface area (Å²) in [5, 5.41) is 10.6. The van der Waals surface area contributed by atoms with Crippen molar-refractivity contribution in [3.63, 3.8) is 0 Å². The SMILES string of the molecule is C=CC(=O)N1CCn2nc(-c3nc(-c4cccc(CNCC(N)=O)c4)c4ccsc4c3-c3c(F)cc(F)cc3OCCOC)cc2C1C. The number of fused-ring (bicyclic) bond motifs is 2. The van der Waals surface area contributed by atoms with Crippen molar-refractivity contribution in [2.24, 2.45) is 5.73 Å². The zero-order chi connectivity index (χ0) is 33.9. The van der Waals surface area contributed by atoms with Crippen LogP contribution in [0.2, 0.25) is 0 Å². The summed E-state index contributed by atoms with van der Waals surface area (Å²) in [6.45, 7) is 7.16. The van der Waals surface area contributed by atoms with Gasteiger partial charge in [-0.1, -0.05) is 24.8 Å². The minimum atomic E-state index is -0.810. The number of aromatic nitrogens is 3. The normalized spacial score (nSPS) is 14.2. The summed E-state index contributed by atoms with van der Waals surface area (Å²) in [5.74, 6) is -2.22. The van der Waals surface area contributed by atoms with Gasteiger partial charge in [0.25, 0.3) is 0 Å². The number of halogens is 2. The number of primary amides is 1. The Labute approximate surface area is 279 Å². The molecular formula is C35H34F2N6O4S. The lowest BCUT2D eigenvalue weighted by molar-refractivity contribution is -0.129. The van der Waals surface area contributed by atoms with Crippen molar-refractivity contribution in [1.29, 1.82) is 0 Å². The van der Waals surface area contributed by atoms with Gasteiger partial charge in [-0.25, -0.2) is 13.8 Å². The molecule has 4 heterocycles. The number of amides is 2. The Morgan fingerprint density at radius 3 is 2.73 bits per heavy atom. The molecule has 5 aromatic rings. The minimum Gasteiger partial charge on any atom is -0.490 e. The fourth-order valence-electron chi connectivity index (χ4n) is 6.00.